The third-order valence-corrected chi connectivity index (χ3v) is 6.01. The molecule has 0 unspecified atom stereocenters. The molecule has 0 bridgehead atoms. The van der Waals surface area contributed by atoms with E-state index in [1.54, 1.807) is 58.4 Å². The Bertz CT molecular complexity index is 1480. The van der Waals surface area contributed by atoms with Gasteiger partial charge in [-0.2, -0.15) is 0 Å². The van der Waals surface area contributed by atoms with Crippen LogP contribution in [-0.2, 0) is 19.7 Å². The molecule has 0 aliphatic carbocycles. The first-order valence-electron chi connectivity index (χ1n) is 9.97. The van der Waals surface area contributed by atoms with Crippen LogP contribution in [0.15, 0.2) is 78.4 Å². The predicted molar refractivity (Wildman–Crippen MR) is 138 cm³/mol. The van der Waals surface area contributed by atoms with Crippen molar-refractivity contribution in [1.29, 1.82) is 0 Å². The van der Waals surface area contributed by atoms with Crippen LogP contribution >= 0.6 is 36.4 Å². The molecule has 0 saturated heterocycles. The lowest BCUT2D eigenvalue weighted by molar-refractivity contribution is 0.109. The molecule has 5 rings (SSSR count). The fourth-order valence-electron chi connectivity index (χ4n) is 4.21. The molecule has 7 nitrogen and oxygen atoms in total. The molecule has 3 aromatic heterocycles. The van der Waals surface area contributed by atoms with E-state index in [2.05, 4.69) is 15.0 Å². The molecule has 0 aliphatic rings. The van der Waals surface area contributed by atoms with Gasteiger partial charge in [-0.05, 0) is 41.0 Å². The number of halogens is 3. The van der Waals surface area contributed by atoms with Gasteiger partial charge < -0.3 is 19.2 Å². The van der Waals surface area contributed by atoms with Crippen LogP contribution < -0.4 is 5.56 Å². The molecule has 0 spiro atoms. The minimum absolute atomic E-state index is 0. The van der Waals surface area contributed by atoms with Crippen molar-refractivity contribution in [3.8, 4) is 11.1 Å². The standard InChI is InChI=1S/C24H20ClN5O2.2ClH/c1-29-13-26-11-21(29)24(32,22-12-27-14-30(22)2)16-6-7-20-19(9-16)18(10-23(31)28-20)15-4-3-5-17(25)8-15;;/h3-14,32H,1-2H3,(H,28,31);2*1H. The number of nitrogens with one attached hydrogen (secondary N) is 1. The Morgan fingerprint density at radius 2 is 1.59 bits per heavy atom. The second kappa shape index (κ2) is 9.64. The van der Waals surface area contributed by atoms with Crippen LogP contribution in [0.5, 0.6) is 0 Å². The maximum Gasteiger partial charge on any atom is 0.249 e. The first-order chi connectivity index (χ1) is 15.4. The number of hydrogen-bond donors (Lipinski definition) is 2. The molecular formula is C24H22Cl3N5O2. The first-order valence-corrected chi connectivity index (χ1v) is 10.3. The van der Waals surface area contributed by atoms with Gasteiger partial charge in [-0.1, -0.05) is 29.8 Å². The predicted octanol–water partition coefficient (Wildman–Crippen LogP) is 4.44. The summed E-state index contributed by atoms with van der Waals surface area (Å²) < 4.78 is 3.56. The van der Waals surface area contributed by atoms with Gasteiger partial charge >= 0.3 is 0 Å². The largest absolute Gasteiger partial charge is 0.373 e. The van der Waals surface area contributed by atoms with Crippen molar-refractivity contribution >= 4 is 47.3 Å². The number of benzene rings is 2. The number of nitrogens with zero attached hydrogens (tertiary/aromatic N) is 4. The van der Waals surface area contributed by atoms with E-state index in [0.29, 0.717) is 27.5 Å². The quantitative estimate of drug-likeness (QED) is 0.368. The van der Waals surface area contributed by atoms with Crippen molar-refractivity contribution in [2.75, 3.05) is 0 Å². The molecule has 34 heavy (non-hydrogen) atoms. The van der Waals surface area contributed by atoms with E-state index in [9.17, 15) is 9.90 Å². The zero-order valence-electron chi connectivity index (χ0n) is 18.3. The average Bonchev–Trinajstić information content (AvgIpc) is 3.41. The first kappa shape index (κ1) is 25.5. The molecule has 2 aromatic carbocycles. The second-order valence-corrected chi connectivity index (χ2v) is 8.24. The highest BCUT2D eigenvalue weighted by Gasteiger charge is 2.39. The Kier molecular flexibility index (Phi) is 7.24. The summed E-state index contributed by atoms with van der Waals surface area (Å²) in [5.74, 6) is 0. The zero-order chi connectivity index (χ0) is 22.5. The monoisotopic (exact) mass is 517 g/mol. The number of H-pyrrole nitrogens is 1. The van der Waals surface area contributed by atoms with E-state index in [-0.39, 0.29) is 30.4 Å². The fourth-order valence-corrected chi connectivity index (χ4v) is 4.40. The van der Waals surface area contributed by atoms with Crippen molar-refractivity contribution in [2.24, 2.45) is 14.1 Å². The maximum atomic E-state index is 12.3. The van der Waals surface area contributed by atoms with E-state index in [0.717, 1.165) is 16.5 Å². The molecule has 0 amide bonds. The minimum Gasteiger partial charge on any atom is -0.373 e. The van der Waals surface area contributed by atoms with E-state index < -0.39 is 5.60 Å². The van der Waals surface area contributed by atoms with Crippen LogP contribution in [0.3, 0.4) is 0 Å². The maximum absolute atomic E-state index is 12.3. The summed E-state index contributed by atoms with van der Waals surface area (Å²) in [4.78, 5) is 23.7. The molecule has 176 valence electrons. The van der Waals surface area contributed by atoms with Crippen LogP contribution in [0.4, 0.5) is 0 Å². The minimum atomic E-state index is -1.52. The second-order valence-electron chi connectivity index (χ2n) is 7.81. The smallest absolute Gasteiger partial charge is 0.249 e. The van der Waals surface area contributed by atoms with Crippen molar-refractivity contribution in [1.82, 2.24) is 24.1 Å². The Morgan fingerprint density at radius 1 is 0.941 bits per heavy atom. The van der Waals surface area contributed by atoms with E-state index in [4.69, 9.17) is 11.6 Å². The number of fused-ring (bicyclic) bond motifs is 1. The molecule has 2 N–H and O–H groups in total. The number of imidazole rings is 2. The number of pyridine rings is 1. The van der Waals surface area contributed by atoms with Gasteiger partial charge in [0.25, 0.3) is 0 Å². The van der Waals surface area contributed by atoms with Crippen molar-refractivity contribution in [2.45, 2.75) is 5.60 Å². The summed E-state index contributed by atoms with van der Waals surface area (Å²) in [6, 6.07) is 14.4. The molecule has 0 saturated carbocycles. The van der Waals surface area contributed by atoms with E-state index >= 15 is 0 Å². The summed E-state index contributed by atoms with van der Waals surface area (Å²) in [6.07, 6.45) is 6.57. The molecule has 0 aliphatic heterocycles. The summed E-state index contributed by atoms with van der Waals surface area (Å²) in [7, 11) is 3.67. The topological polar surface area (TPSA) is 88.7 Å². The molecule has 0 radical (unpaired) electrons. The van der Waals surface area contributed by atoms with Crippen LogP contribution in [0.25, 0.3) is 22.0 Å². The number of aromatic amines is 1. The third-order valence-electron chi connectivity index (χ3n) is 5.77. The highest BCUT2D eigenvalue weighted by atomic mass is 35.5. The lowest BCUT2D eigenvalue weighted by atomic mass is 9.85. The van der Waals surface area contributed by atoms with Gasteiger partial charge in [0.15, 0.2) is 5.60 Å². The summed E-state index contributed by atoms with van der Waals surface area (Å²) in [6.45, 7) is 0. The van der Waals surface area contributed by atoms with Crippen LogP contribution in [0.1, 0.15) is 17.0 Å². The van der Waals surface area contributed by atoms with Gasteiger partial charge in [0.1, 0.15) is 0 Å². The highest BCUT2D eigenvalue weighted by Crippen LogP contribution is 2.38. The van der Waals surface area contributed by atoms with Gasteiger partial charge in [-0.3, -0.25) is 4.79 Å². The molecular weight excluding hydrogens is 497 g/mol. The Labute approximate surface area is 212 Å². The van der Waals surface area contributed by atoms with Gasteiger partial charge in [0.05, 0.1) is 36.4 Å². The normalized spacial score (nSPS) is 11.2. The Balaban J connectivity index is 0.00000162. The third kappa shape index (κ3) is 4.12. The van der Waals surface area contributed by atoms with Crippen molar-refractivity contribution in [3.63, 3.8) is 0 Å². The van der Waals surface area contributed by atoms with Crippen LogP contribution in [-0.4, -0.2) is 29.2 Å². The number of rotatable bonds is 4. The lowest BCUT2D eigenvalue weighted by Crippen LogP contribution is -2.33. The van der Waals surface area contributed by atoms with Crippen molar-refractivity contribution in [3.05, 3.63) is 106 Å². The molecule has 5 aromatic rings. The Morgan fingerprint density at radius 3 is 2.15 bits per heavy atom. The summed E-state index contributed by atoms with van der Waals surface area (Å²) in [5, 5.41) is 13.5. The SMILES string of the molecule is Cl.Cl.Cn1cncc1C(O)(c1ccc2[nH]c(=O)cc(-c3cccc(Cl)c3)c2c1)c1cncn1C. The molecule has 0 atom stereocenters. The fraction of sp³-hybridized carbons (Fsp3) is 0.125. The van der Waals surface area contributed by atoms with Gasteiger partial charge in [0, 0.05) is 36.1 Å². The van der Waals surface area contributed by atoms with Crippen LogP contribution in [0.2, 0.25) is 5.02 Å². The van der Waals surface area contributed by atoms with E-state index in [1.807, 2.05) is 38.4 Å². The number of aliphatic hydroxyl groups is 1. The molecule has 0 fully saturated rings. The number of aromatic nitrogens is 5. The molecule has 3 heterocycles. The Hall–Kier alpha value is -3.10. The number of aryl methyl sites for hydroxylation is 2. The van der Waals surface area contributed by atoms with Gasteiger partial charge in [0.2, 0.25) is 5.56 Å². The van der Waals surface area contributed by atoms with Gasteiger partial charge in [-0.25, -0.2) is 9.97 Å². The van der Waals surface area contributed by atoms with Crippen molar-refractivity contribution < 1.29 is 5.11 Å². The number of hydrogen-bond acceptors (Lipinski definition) is 4. The van der Waals surface area contributed by atoms with Gasteiger partial charge in [-0.15, -0.1) is 24.8 Å². The summed E-state index contributed by atoms with van der Waals surface area (Å²) >= 11 is 6.21. The average molecular weight is 519 g/mol. The lowest BCUT2D eigenvalue weighted by Gasteiger charge is -2.29. The van der Waals surface area contributed by atoms with E-state index in [1.165, 1.54) is 0 Å². The molecule has 10 heteroatoms. The zero-order valence-corrected chi connectivity index (χ0v) is 20.7. The van der Waals surface area contributed by atoms with Crippen LogP contribution in [0, 0.1) is 0 Å². The summed E-state index contributed by atoms with van der Waals surface area (Å²) in [5.41, 5.74) is 2.27. The highest BCUT2D eigenvalue weighted by molar-refractivity contribution is 6.30.